The lowest BCUT2D eigenvalue weighted by Gasteiger charge is -2.21. The van der Waals surface area contributed by atoms with Crippen molar-refractivity contribution < 1.29 is 4.74 Å². The molecule has 0 radical (unpaired) electrons. The van der Waals surface area contributed by atoms with E-state index in [1.54, 1.807) is 7.11 Å². The van der Waals surface area contributed by atoms with Crippen molar-refractivity contribution >= 4 is 29.9 Å². The Bertz CT molecular complexity index is 249. The third kappa shape index (κ3) is 7.34. The molecular formula is C14H30IN3O. The third-order valence-electron chi connectivity index (χ3n) is 3.51. The summed E-state index contributed by atoms with van der Waals surface area (Å²) in [5, 5.41) is 3.47. The maximum atomic E-state index is 5.23. The molecule has 1 aliphatic heterocycles. The van der Waals surface area contributed by atoms with Gasteiger partial charge in [-0.25, -0.2) is 0 Å². The van der Waals surface area contributed by atoms with Gasteiger partial charge in [0.05, 0.1) is 6.61 Å². The summed E-state index contributed by atoms with van der Waals surface area (Å²) in [7, 11) is 3.65. The van der Waals surface area contributed by atoms with Crippen molar-refractivity contribution in [2.75, 3.05) is 40.4 Å². The Labute approximate surface area is 135 Å². The van der Waals surface area contributed by atoms with Crippen LogP contribution in [0.1, 0.15) is 39.0 Å². The van der Waals surface area contributed by atoms with Gasteiger partial charge in [-0.15, -0.1) is 24.0 Å². The summed E-state index contributed by atoms with van der Waals surface area (Å²) in [4.78, 5) is 6.72. The monoisotopic (exact) mass is 383 g/mol. The summed E-state index contributed by atoms with van der Waals surface area (Å²) in [5.74, 6) is 1.72. The summed E-state index contributed by atoms with van der Waals surface area (Å²) in [6, 6.07) is 0. The van der Waals surface area contributed by atoms with E-state index in [1.807, 2.05) is 7.05 Å². The first-order valence-electron chi connectivity index (χ1n) is 7.26. The van der Waals surface area contributed by atoms with Crippen LogP contribution < -0.4 is 5.32 Å². The van der Waals surface area contributed by atoms with Gasteiger partial charge in [-0.2, -0.15) is 0 Å². The molecule has 1 saturated heterocycles. The summed E-state index contributed by atoms with van der Waals surface area (Å²) < 4.78 is 5.23. The zero-order valence-electron chi connectivity index (χ0n) is 12.7. The number of hydrogen-bond acceptors (Lipinski definition) is 2. The summed E-state index contributed by atoms with van der Waals surface area (Å²) >= 11 is 0. The highest BCUT2D eigenvalue weighted by Gasteiger charge is 2.24. The Hall–Kier alpha value is -0.0400. The minimum absolute atomic E-state index is 0. The predicted octanol–water partition coefficient (Wildman–Crippen LogP) is 2.73. The van der Waals surface area contributed by atoms with E-state index in [2.05, 4.69) is 22.1 Å². The van der Waals surface area contributed by atoms with Gasteiger partial charge < -0.3 is 15.0 Å². The topological polar surface area (TPSA) is 36.9 Å². The molecule has 1 rings (SSSR count). The Kier molecular flexibility index (Phi) is 11.7. The second-order valence-electron chi connectivity index (χ2n) is 5.09. The SMILES string of the molecule is CCCCCCNC(=NC)N1CCC(COC)C1.I. The first-order valence-corrected chi connectivity index (χ1v) is 7.26. The molecule has 0 amide bonds. The first-order chi connectivity index (χ1) is 8.81. The smallest absolute Gasteiger partial charge is 0.193 e. The Morgan fingerprint density at radius 2 is 2.16 bits per heavy atom. The van der Waals surface area contributed by atoms with E-state index in [-0.39, 0.29) is 24.0 Å². The highest BCUT2D eigenvalue weighted by atomic mass is 127. The lowest BCUT2D eigenvalue weighted by Crippen LogP contribution is -2.40. The number of hydrogen-bond donors (Lipinski definition) is 1. The van der Waals surface area contributed by atoms with Crippen LogP contribution in [0.3, 0.4) is 0 Å². The number of unbranched alkanes of at least 4 members (excludes halogenated alkanes) is 3. The molecule has 0 aromatic carbocycles. The predicted molar refractivity (Wildman–Crippen MR) is 92.5 cm³/mol. The zero-order valence-corrected chi connectivity index (χ0v) is 15.0. The molecule has 0 aromatic rings. The Morgan fingerprint density at radius 1 is 1.37 bits per heavy atom. The summed E-state index contributed by atoms with van der Waals surface area (Å²) in [5.41, 5.74) is 0. The molecule has 5 heteroatoms. The number of likely N-dealkylation sites (tertiary alicyclic amines) is 1. The van der Waals surface area contributed by atoms with Gasteiger partial charge in [0.1, 0.15) is 0 Å². The van der Waals surface area contributed by atoms with Gasteiger partial charge in [0.15, 0.2) is 5.96 Å². The van der Waals surface area contributed by atoms with Gasteiger partial charge in [-0.3, -0.25) is 4.99 Å². The van der Waals surface area contributed by atoms with Gasteiger partial charge in [-0.1, -0.05) is 26.2 Å². The van der Waals surface area contributed by atoms with E-state index in [1.165, 1.54) is 32.1 Å². The molecule has 19 heavy (non-hydrogen) atoms. The molecule has 0 spiro atoms. The molecule has 0 saturated carbocycles. The molecule has 0 bridgehead atoms. The van der Waals surface area contributed by atoms with Crippen LogP contribution in [0.2, 0.25) is 0 Å². The summed E-state index contributed by atoms with van der Waals surface area (Å²) in [6.45, 7) is 6.32. The molecular weight excluding hydrogens is 353 g/mol. The highest BCUT2D eigenvalue weighted by molar-refractivity contribution is 14.0. The number of rotatable bonds is 7. The van der Waals surface area contributed by atoms with Crippen molar-refractivity contribution in [1.82, 2.24) is 10.2 Å². The lowest BCUT2D eigenvalue weighted by atomic mass is 10.1. The number of nitrogens with zero attached hydrogens (tertiary/aromatic N) is 2. The Morgan fingerprint density at radius 3 is 2.79 bits per heavy atom. The quantitative estimate of drug-likeness (QED) is 0.318. The minimum atomic E-state index is 0. The van der Waals surface area contributed by atoms with Gasteiger partial charge in [-0.05, 0) is 12.8 Å². The second-order valence-corrected chi connectivity index (χ2v) is 5.09. The average Bonchev–Trinajstić information content (AvgIpc) is 2.83. The molecule has 1 unspecified atom stereocenters. The number of aliphatic imine (C=N–C) groups is 1. The van der Waals surface area contributed by atoms with Gasteiger partial charge in [0.2, 0.25) is 0 Å². The van der Waals surface area contributed by atoms with Crippen LogP contribution in [0.5, 0.6) is 0 Å². The van der Waals surface area contributed by atoms with E-state index in [0.29, 0.717) is 5.92 Å². The van der Waals surface area contributed by atoms with Gasteiger partial charge in [0, 0.05) is 39.7 Å². The van der Waals surface area contributed by atoms with E-state index in [9.17, 15) is 0 Å². The normalized spacial score (nSPS) is 19.4. The van der Waals surface area contributed by atoms with Gasteiger partial charge in [0.25, 0.3) is 0 Å². The maximum absolute atomic E-state index is 5.23. The van der Waals surface area contributed by atoms with Crippen molar-refractivity contribution in [2.24, 2.45) is 10.9 Å². The fourth-order valence-electron chi connectivity index (χ4n) is 2.48. The molecule has 0 aromatic heterocycles. The van der Waals surface area contributed by atoms with Crippen LogP contribution in [-0.2, 0) is 4.74 Å². The number of guanidine groups is 1. The molecule has 1 aliphatic rings. The zero-order chi connectivity index (χ0) is 13.2. The highest BCUT2D eigenvalue weighted by Crippen LogP contribution is 2.16. The molecule has 4 nitrogen and oxygen atoms in total. The molecule has 1 heterocycles. The molecule has 0 aliphatic carbocycles. The Balaban J connectivity index is 0.00000324. The average molecular weight is 383 g/mol. The minimum Gasteiger partial charge on any atom is -0.384 e. The van der Waals surface area contributed by atoms with E-state index < -0.39 is 0 Å². The number of ether oxygens (including phenoxy) is 1. The van der Waals surface area contributed by atoms with E-state index in [0.717, 1.165) is 32.2 Å². The van der Waals surface area contributed by atoms with Crippen LogP contribution in [0.15, 0.2) is 4.99 Å². The number of methoxy groups -OCH3 is 1. The van der Waals surface area contributed by atoms with E-state index in [4.69, 9.17) is 4.74 Å². The molecule has 1 N–H and O–H groups in total. The van der Waals surface area contributed by atoms with Crippen LogP contribution >= 0.6 is 24.0 Å². The summed E-state index contributed by atoms with van der Waals surface area (Å²) in [6.07, 6.45) is 6.39. The maximum Gasteiger partial charge on any atom is 0.193 e. The van der Waals surface area contributed by atoms with Crippen LogP contribution in [0, 0.1) is 5.92 Å². The van der Waals surface area contributed by atoms with Crippen molar-refractivity contribution in [2.45, 2.75) is 39.0 Å². The standard InChI is InChI=1S/C14H29N3O.HI/c1-4-5-6-7-9-16-14(15-2)17-10-8-13(11-17)12-18-3;/h13H,4-12H2,1-3H3,(H,15,16);1H. The van der Waals surface area contributed by atoms with Crippen molar-refractivity contribution in [3.05, 3.63) is 0 Å². The molecule has 1 fully saturated rings. The number of halogens is 1. The van der Waals surface area contributed by atoms with Crippen molar-refractivity contribution in [3.8, 4) is 0 Å². The fourth-order valence-corrected chi connectivity index (χ4v) is 2.48. The first kappa shape index (κ1) is 19.0. The van der Waals surface area contributed by atoms with Gasteiger partial charge >= 0.3 is 0 Å². The van der Waals surface area contributed by atoms with Crippen LogP contribution in [0.4, 0.5) is 0 Å². The number of nitrogens with one attached hydrogen (secondary N) is 1. The molecule has 114 valence electrons. The van der Waals surface area contributed by atoms with E-state index >= 15 is 0 Å². The fraction of sp³-hybridized carbons (Fsp3) is 0.929. The van der Waals surface area contributed by atoms with Crippen LogP contribution in [-0.4, -0.2) is 51.3 Å². The van der Waals surface area contributed by atoms with Crippen molar-refractivity contribution in [1.29, 1.82) is 0 Å². The third-order valence-corrected chi connectivity index (χ3v) is 3.51. The molecule has 1 atom stereocenters. The largest absolute Gasteiger partial charge is 0.384 e. The second kappa shape index (κ2) is 11.8. The van der Waals surface area contributed by atoms with Crippen LogP contribution in [0.25, 0.3) is 0 Å². The lowest BCUT2D eigenvalue weighted by molar-refractivity contribution is 0.157. The van der Waals surface area contributed by atoms with Crippen molar-refractivity contribution in [3.63, 3.8) is 0 Å².